The molecule has 198 valence electrons. The monoisotopic (exact) mass is 527 g/mol. The van der Waals surface area contributed by atoms with Gasteiger partial charge in [-0.3, -0.25) is 4.90 Å². The molecule has 0 spiro atoms. The molecule has 0 saturated carbocycles. The van der Waals surface area contributed by atoms with E-state index in [0.29, 0.717) is 70.3 Å². The summed E-state index contributed by atoms with van der Waals surface area (Å²) in [5, 5.41) is 1.28. The highest BCUT2D eigenvalue weighted by atomic mass is 16.5. The Labute approximate surface area is 222 Å². The molecule has 0 atom stereocenters. The zero-order valence-corrected chi connectivity index (χ0v) is 21.6. The Bertz CT molecular complexity index is 1840. The highest BCUT2D eigenvalue weighted by Crippen LogP contribution is 2.37. The Morgan fingerprint density at radius 2 is 1.62 bits per heavy atom. The first-order chi connectivity index (χ1) is 19.0. The molecule has 9 nitrogen and oxygen atoms in total. The molecule has 2 aromatic heterocycles. The number of ether oxygens (including phenoxy) is 4. The number of fused-ring (bicyclic) bond motifs is 4. The average Bonchev–Trinajstić information content (AvgIpc) is 2.96. The molecule has 3 aromatic carbocycles. The van der Waals surface area contributed by atoms with Crippen molar-refractivity contribution in [3.05, 3.63) is 92.6 Å². The minimum absolute atomic E-state index is 0.257. The van der Waals surface area contributed by atoms with Crippen LogP contribution in [0.25, 0.3) is 33.1 Å². The van der Waals surface area contributed by atoms with Crippen LogP contribution in [-0.4, -0.2) is 33.0 Å². The number of methoxy groups -OCH3 is 3. The first-order valence-electron chi connectivity index (χ1n) is 12.3. The number of hydrogen-bond acceptors (Lipinski definition) is 9. The van der Waals surface area contributed by atoms with Gasteiger partial charge in [-0.2, -0.15) is 0 Å². The van der Waals surface area contributed by atoms with Gasteiger partial charge in [-0.05, 0) is 42.0 Å². The van der Waals surface area contributed by atoms with Crippen molar-refractivity contribution in [2.24, 2.45) is 0 Å². The molecule has 6 rings (SSSR count). The summed E-state index contributed by atoms with van der Waals surface area (Å²) in [6, 6.07) is 17.7. The fraction of sp³-hybridized carbons (Fsp3) is 0.200. The third-order valence-corrected chi connectivity index (χ3v) is 6.84. The highest BCUT2D eigenvalue weighted by Gasteiger charge is 2.24. The largest absolute Gasteiger partial charge is 0.493 e. The Kier molecular flexibility index (Phi) is 6.20. The molecular formula is C30H25NO8. The van der Waals surface area contributed by atoms with Crippen LogP contribution >= 0.6 is 0 Å². The summed E-state index contributed by atoms with van der Waals surface area (Å²) in [4.78, 5) is 27.9. The molecule has 0 fully saturated rings. The SMILES string of the molecule is COc1ccc(CN2COc3ccc4c(-c5cc6cccc(OC)c6oc5=O)cc(=O)oc4c3C2)cc1OC. The van der Waals surface area contributed by atoms with Gasteiger partial charge in [0.15, 0.2) is 22.8 Å². The van der Waals surface area contributed by atoms with Crippen molar-refractivity contribution < 1.29 is 27.8 Å². The van der Waals surface area contributed by atoms with Gasteiger partial charge in [0.05, 0.1) is 32.5 Å². The summed E-state index contributed by atoms with van der Waals surface area (Å²) >= 11 is 0. The van der Waals surface area contributed by atoms with Crippen LogP contribution in [0.2, 0.25) is 0 Å². The summed E-state index contributed by atoms with van der Waals surface area (Å²) in [6.45, 7) is 1.39. The van der Waals surface area contributed by atoms with Crippen molar-refractivity contribution in [3.8, 4) is 34.1 Å². The van der Waals surface area contributed by atoms with Gasteiger partial charge in [0.25, 0.3) is 0 Å². The normalized spacial score (nSPS) is 13.2. The molecule has 0 radical (unpaired) electrons. The van der Waals surface area contributed by atoms with Crippen molar-refractivity contribution in [3.63, 3.8) is 0 Å². The predicted molar refractivity (Wildman–Crippen MR) is 145 cm³/mol. The highest BCUT2D eigenvalue weighted by molar-refractivity contribution is 5.97. The lowest BCUT2D eigenvalue weighted by molar-refractivity contribution is 0.0889. The topological polar surface area (TPSA) is 101 Å². The second-order valence-corrected chi connectivity index (χ2v) is 9.17. The lowest BCUT2D eigenvalue weighted by Gasteiger charge is -2.29. The van der Waals surface area contributed by atoms with Crippen molar-refractivity contribution in [2.75, 3.05) is 28.1 Å². The third-order valence-electron chi connectivity index (χ3n) is 6.84. The first kappa shape index (κ1) is 24.6. The summed E-state index contributed by atoms with van der Waals surface area (Å²) < 4.78 is 33.4. The summed E-state index contributed by atoms with van der Waals surface area (Å²) in [7, 11) is 4.71. The molecule has 5 aromatic rings. The maximum atomic E-state index is 13.1. The summed E-state index contributed by atoms with van der Waals surface area (Å²) in [5.41, 5.74) is 1.98. The van der Waals surface area contributed by atoms with Gasteiger partial charge in [-0.25, -0.2) is 9.59 Å². The molecule has 0 bridgehead atoms. The minimum atomic E-state index is -0.581. The van der Waals surface area contributed by atoms with E-state index in [1.807, 2.05) is 36.4 Å². The van der Waals surface area contributed by atoms with Crippen LogP contribution in [0.15, 0.2) is 79.1 Å². The molecule has 39 heavy (non-hydrogen) atoms. The van der Waals surface area contributed by atoms with Gasteiger partial charge in [0, 0.05) is 35.5 Å². The molecule has 0 aliphatic carbocycles. The predicted octanol–water partition coefficient (Wildman–Crippen LogP) is 4.94. The van der Waals surface area contributed by atoms with Crippen molar-refractivity contribution in [1.82, 2.24) is 4.90 Å². The fourth-order valence-electron chi connectivity index (χ4n) is 5.01. The molecule has 9 heteroatoms. The van der Waals surface area contributed by atoms with Gasteiger partial charge in [0.2, 0.25) is 0 Å². The molecule has 1 aliphatic heterocycles. The van der Waals surface area contributed by atoms with Crippen molar-refractivity contribution >= 4 is 21.9 Å². The second kappa shape index (κ2) is 9.85. The summed E-state index contributed by atoms with van der Waals surface area (Å²) in [5.74, 6) is 2.37. The minimum Gasteiger partial charge on any atom is -0.493 e. The van der Waals surface area contributed by atoms with Gasteiger partial charge >= 0.3 is 11.3 Å². The number of hydrogen-bond donors (Lipinski definition) is 0. The summed E-state index contributed by atoms with van der Waals surface area (Å²) in [6.07, 6.45) is 0. The van der Waals surface area contributed by atoms with E-state index in [9.17, 15) is 9.59 Å². The van der Waals surface area contributed by atoms with E-state index in [0.717, 1.165) is 11.1 Å². The van der Waals surface area contributed by atoms with Crippen LogP contribution in [0.4, 0.5) is 0 Å². The standard InChI is InChI=1S/C30H25NO8/c1-34-24-9-7-17(11-26(24)36-3)14-31-15-22-23(37-16-31)10-8-19-20(13-27(32)38-29(19)22)21-12-18-5-4-6-25(35-2)28(18)39-30(21)33/h4-13H,14-16H2,1-3H3. The van der Waals surface area contributed by atoms with E-state index in [1.54, 1.807) is 32.4 Å². The smallest absolute Gasteiger partial charge is 0.344 e. The van der Waals surface area contributed by atoms with Crippen LogP contribution in [0.3, 0.4) is 0 Å². The molecule has 0 N–H and O–H groups in total. The van der Waals surface area contributed by atoms with Gasteiger partial charge in [-0.15, -0.1) is 0 Å². The number of para-hydroxylation sites is 1. The van der Waals surface area contributed by atoms with Crippen molar-refractivity contribution in [2.45, 2.75) is 13.1 Å². The lowest BCUT2D eigenvalue weighted by Crippen LogP contribution is -2.31. The maximum Gasteiger partial charge on any atom is 0.344 e. The van der Waals surface area contributed by atoms with Gasteiger partial charge < -0.3 is 27.8 Å². The number of benzene rings is 3. The van der Waals surface area contributed by atoms with E-state index >= 15 is 0 Å². The Morgan fingerprint density at radius 1 is 0.795 bits per heavy atom. The third kappa shape index (κ3) is 4.36. The van der Waals surface area contributed by atoms with Gasteiger partial charge in [0.1, 0.15) is 18.1 Å². The molecular weight excluding hydrogens is 502 g/mol. The van der Waals surface area contributed by atoms with E-state index < -0.39 is 11.3 Å². The van der Waals surface area contributed by atoms with Gasteiger partial charge in [-0.1, -0.05) is 18.2 Å². The van der Waals surface area contributed by atoms with Crippen LogP contribution in [0, 0.1) is 0 Å². The molecule has 0 amide bonds. The van der Waals surface area contributed by atoms with E-state index in [1.165, 1.54) is 13.2 Å². The zero-order valence-electron chi connectivity index (χ0n) is 21.6. The Hall–Kier alpha value is -4.76. The lowest BCUT2D eigenvalue weighted by atomic mass is 9.99. The average molecular weight is 528 g/mol. The second-order valence-electron chi connectivity index (χ2n) is 9.17. The van der Waals surface area contributed by atoms with Crippen molar-refractivity contribution in [1.29, 1.82) is 0 Å². The first-order valence-corrected chi connectivity index (χ1v) is 12.3. The Balaban J connectivity index is 1.42. The molecule has 1 aliphatic rings. The Morgan fingerprint density at radius 3 is 2.41 bits per heavy atom. The van der Waals surface area contributed by atoms with Crippen LogP contribution in [0.1, 0.15) is 11.1 Å². The zero-order chi connectivity index (χ0) is 27.1. The fourth-order valence-corrected chi connectivity index (χ4v) is 5.01. The molecule has 3 heterocycles. The number of rotatable bonds is 6. The van der Waals surface area contributed by atoms with Crippen LogP contribution < -0.4 is 30.2 Å². The van der Waals surface area contributed by atoms with Crippen LogP contribution in [-0.2, 0) is 13.1 Å². The maximum absolute atomic E-state index is 13.1. The van der Waals surface area contributed by atoms with Crippen LogP contribution in [0.5, 0.6) is 23.0 Å². The van der Waals surface area contributed by atoms with E-state index in [-0.39, 0.29) is 5.56 Å². The van der Waals surface area contributed by atoms with E-state index in [4.69, 9.17) is 27.8 Å². The van der Waals surface area contributed by atoms with E-state index in [2.05, 4.69) is 4.90 Å². The molecule has 0 unspecified atom stereocenters. The molecule has 0 saturated heterocycles. The number of nitrogens with zero attached hydrogens (tertiary/aromatic N) is 1. The quantitative estimate of drug-likeness (QED) is 0.284.